The zero-order valence-electron chi connectivity index (χ0n) is 29.8. The van der Waals surface area contributed by atoms with E-state index in [0.29, 0.717) is 63.4 Å². The SMILES string of the molecule is CC(C)CCCC1COC(C(O)C(C)(O)C2CCC3(O)C4=CC(=O)C5CC(O)C(O)CC5(CCC5=CNC(N)C=C5)C4CCC23C)C1C. The van der Waals surface area contributed by atoms with E-state index in [-0.39, 0.29) is 30.2 Å². The number of dihydropyridines is 1. The highest BCUT2D eigenvalue weighted by molar-refractivity contribution is 5.95. The normalized spacial score (nSPS) is 45.8. The number of allylic oxidation sites excluding steroid dienone is 3. The van der Waals surface area contributed by atoms with Gasteiger partial charge in [-0.15, -0.1) is 0 Å². The Hall–Kier alpha value is -1.59. The van der Waals surface area contributed by atoms with Crippen molar-refractivity contribution in [2.24, 2.45) is 52.1 Å². The maximum atomic E-state index is 14.1. The molecule has 14 atom stereocenters. The summed E-state index contributed by atoms with van der Waals surface area (Å²) in [6.45, 7) is 10.9. The van der Waals surface area contributed by atoms with Crippen LogP contribution in [0.1, 0.15) is 105 Å². The van der Waals surface area contributed by atoms with Crippen molar-refractivity contribution in [2.45, 2.75) is 147 Å². The second kappa shape index (κ2) is 13.2. The second-order valence-corrected chi connectivity index (χ2v) is 17.5. The molecule has 9 heteroatoms. The summed E-state index contributed by atoms with van der Waals surface area (Å²) in [6.07, 6.45) is 11.0. The van der Waals surface area contributed by atoms with Gasteiger partial charge in [0, 0.05) is 17.5 Å². The van der Waals surface area contributed by atoms with Crippen LogP contribution in [-0.2, 0) is 9.53 Å². The van der Waals surface area contributed by atoms with Crippen molar-refractivity contribution < 1.29 is 35.1 Å². The molecule has 9 nitrogen and oxygen atoms in total. The van der Waals surface area contributed by atoms with E-state index >= 15 is 0 Å². The third kappa shape index (κ3) is 5.87. The fraction of sp³-hybridized carbons (Fsp3) is 0.821. The van der Waals surface area contributed by atoms with E-state index in [9.17, 15) is 30.3 Å². The molecular formula is C39H62N2O7. The lowest BCUT2D eigenvalue weighted by Gasteiger charge is -2.62. The van der Waals surface area contributed by atoms with E-state index in [4.69, 9.17) is 10.5 Å². The monoisotopic (exact) mass is 670 g/mol. The number of aliphatic hydroxyl groups excluding tert-OH is 3. The average Bonchev–Trinajstić information content (AvgIpc) is 3.54. The summed E-state index contributed by atoms with van der Waals surface area (Å²) in [5.41, 5.74) is 3.48. The van der Waals surface area contributed by atoms with Crippen molar-refractivity contribution in [3.8, 4) is 0 Å². The fourth-order valence-electron chi connectivity index (χ4n) is 11.5. The topological polar surface area (TPSA) is 166 Å². The van der Waals surface area contributed by atoms with Gasteiger partial charge in [-0.2, -0.15) is 0 Å². The van der Waals surface area contributed by atoms with Crippen LogP contribution in [0.5, 0.6) is 0 Å². The van der Waals surface area contributed by atoms with Crippen LogP contribution in [-0.4, -0.2) is 79.7 Å². The first-order chi connectivity index (χ1) is 22.5. The molecule has 0 amide bonds. The Balaban J connectivity index is 1.26. The number of rotatable bonds is 10. The van der Waals surface area contributed by atoms with Crippen LogP contribution in [0.4, 0.5) is 0 Å². The number of ketones is 1. The molecular weight excluding hydrogens is 608 g/mol. The van der Waals surface area contributed by atoms with Crippen molar-refractivity contribution in [3.63, 3.8) is 0 Å². The van der Waals surface area contributed by atoms with E-state index in [1.807, 2.05) is 25.3 Å². The highest BCUT2D eigenvalue weighted by atomic mass is 16.5. The summed E-state index contributed by atoms with van der Waals surface area (Å²) in [5, 5.41) is 62.0. The highest BCUT2D eigenvalue weighted by Crippen LogP contribution is 2.69. The standard InChI is InChI=1S/C39H62N2O7/c1-22(2)7-6-8-25-21-48-34(23(25)3)35(45)37(5,46)32-13-16-39(47)27-17-29(42)28-18-30(43)31(44)19-38(28,26(27)12-14-36(32,39)4)15-11-24-9-10-33(40)41-20-24/h9-10,17,20,22-23,25-26,28,30-35,41,43-47H,6-8,11-16,18-19,21,40H2,1-5H3. The van der Waals surface area contributed by atoms with Crippen LogP contribution in [0.25, 0.3) is 0 Å². The molecule has 0 aromatic rings. The van der Waals surface area contributed by atoms with E-state index in [1.165, 1.54) is 0 Å². The zero-order chi connectivity index (χ0) is 34.8. The number of ether oxygens (including phenoxy) is 1. The lowest BCUT2D eigenvalue weighted by atomic mass is 9.44. The van der Waals surface area contributed by atoms with E-state index in [0.717, 1.165) is 30.4 Å². The Morgan fingerprint density at radius 2 is 1.92 bits per heavy atom. The molecule has 6 aliphatic rings. The molecule has 3 saturated carbocycles. The number of hydrogen-bond acceptors (Lipinski definition) is 9. The van der Waals surface area contributed by atoms with Gasteiger partial charge < -0.3 is 41.3 Å². The Morgan fingerprint density at radius 3 is 2.60 bits per heavy atom. The summed E-state index contributed by atoms with van der Waals surface area (Å²) in [4.78, 5) is 14.1. The lowest BCUT2D eigenvalue weighted by molar-refractivity contribution is -0.195. The molecule has 0 bridgehead atoms. The van der Waals surface area contributed by atoms with Crippen molar-refractivity contribution in [3.05, 3.63) is 35.6 Å². The third-order valence-electron chi connectivity index (χ3n) is 14.4. The minimum Gasteiger partial charge on any atom is -0.390 e. The molecule has 0 aromatic carbocycles. The smallest absolute Gasteiger partial charge is 0.159 e. The van der Waals surface area contributed by atoms with E-state index in [1.54, 1.807) is 13.0 Å². The minimum atomic E-state index is -1.52. The number of nitrogens with one attached hydrogen (secondary N) is 1. The number of nitrogens with two attached hydrogens (primary N) is 1. The number of carbonyl (C=O) groups excluding carboxylic acids is 1. The van der Waals surface area contributed by atoms with Gasteiger partial charge in [-0.1, -0.05) is 46.6 Å². The van der Waals surface area contributed by atoms with Gasteiger partial charge >= 0.3 is 0 Å². The summed E-state index contributed by atoms with van der Waals surface area (Å²) in [6, 6.07) is 0. The summed E-state index contributed by atoms with van der Waals surface area (Å²) >= 11 is 0. The molecule has 1 saturated heterocycles. The number of aliphatic hydroxyl groups is 5. The van der Waals surface area contributed by atoms with E-state index in [2.05, 4.69) is 26.1 Å². The van der Waals surface area contributed by atoms with Gasteiger partial charge in [0.25, 0.3) is 0 Å². The van der Waals surface area contributed by atoms with Crippen molar-refractivity contribution in [1.29, 1.82) is 0 Å². The summed E-state index contributed by atoms with van der Waals surface area (Å²) < 4.78 is 6.22. The van der Waals surface area contributed by atoms with Crippen LogP contribution >= 0.6 is 0 Å². The van der Waals surface area contributed by atoms with Gasteiger partial charge in [-0.3, -0.25) is 4.79 Å². The molecule has 6 rings (SSSR count). The second-order valence-electron chi connectivity index (χ2n) is 17.5. The highest BCUT2D eigenvalue weighted by Gasteiger charge is 2.70. The van der Waals surface area contributed by atoms with Gasteiger partial charge in [-0.25, -0.2) is 0 Å². The summed E-state index contributed by atoms with van der Waals surface area (Å²) in [7, 11) is 0. The predicted octanol–water partition coefficient (Wildman–Crippen LogP) is 3.87. The van der Waals surface area contributed by atoms with Gasteiger partial charge in [0.05, 0.1) is 42.3 Å². The minimum absolute atomic E-state index is 0.0925. The van der Waals surface area contributed by atoms with E-state index < -0.39 is 58.3 Å². The van der Waals surface area contributed by atoms with Gasteiger partial charge in [0.15, 0.2) is 5.78 Å². The quantitative estimate of drug-likeness (QED) is 0.183. The molecule has 8 N–H and O–H groups in total. The van der Waals surface area contributed by atoms with Crippen LogP contribution in [0.3, 0.4) is 0 Å². The first-order valence-corrected chi connectivity index (χ1v) is 18.8. The number of hydrogen-bond donors (Lipinski definition) is 7. The average molecular weight is 671 g/mol. The fourth-order valence-corrected chi connectivity index (χ4v) is 11.5. The molecule has 4 aliphatic carbocycles. The van der Waals surface area contributed by atoms with Crippen LogP contribution < -0.4 is 11.1 Å². The molecule has 48 heavy (non-hydrogen) atoms. The zero-order valence-corrected chi connectivity index (χ0v) is 29.8. The largest absolute Gasteiger partial charge is 0.390 e. The Labute approximate surface area is 287 Å². The van der Waals surface area contributed by atoms with Gasteiger partial charge in [0.1, 0.15) is 6.10 Å². The Morgan fingerprint density at radius 1 is 1.17 bits per heavy atom. The van der Waals surface area contributed by atoms with Crippen molar-refractivity contribution in [1.82, 2.24) is 5.32 Å². The first kappa shape index (κ1) is 36.2. The summed E-state index contributed by atoms with van der Waals surface area (Å²) in [5.74, 6) is -0.0194. The van der Waals surface area contributed by atoms with Gasteiger partial charge in [-0.05, 0) is 123 Å². The Kier molecular flexibility index (Phi) is 9.95. The Bertz CT molecular complexity index is 1310. The molecule has 14 unspecified atom stereocenters. The first-order valence-electron chi connectivity index (χ1n) is 18.8. The molecule has 4 fully saturated rings. The van der Waals surface area contributed by atoms with Crippen LogP contribution in [0, 0.1) is 46.3 Å². The maximum absolute atomic E-state index is 14.1. The molecule has 2 aliphatic heterocycles. The number of carbonyl (C=O) groups is 1. The lowest BCUT2D eigenvalue weighted by Crippen LogP contribution is -2.64. The predicted molar refractivity (Wildman–Crippen MR) is 184 cm³/mol. The van der Waals surface area contributed by atoms with Gasteiger partial charge in [0.2, 0.25) is 0 Å². The maximum Gasteiger partial charge on any atom is 0.159 e. The van der Waals surface area contributed by atoms with Crippen molar-refractivity contribution >= 4 is 5.78 Å². The molecule has 270 valence electrons. The van der Waals surface area contributed by atoms with Crippen LogP contribution in [0.15, 0.2) is 35.6 Å². The molecule has 2 heterocycles. The number of fused-ring (bicyclic) bond motifs is 5. The molecule has 0 radical (unpaired) electrons. The third-order valence-corrected chi connectivity index (χ3v) is 14.4. The molecule has 0 aromatic heterocycles. The molecule has 0 spiro atoms. The van der Waals surface area contributed by atoms with Crippen LogP contribution in [0.2, 0.25) is 0 Å². The van der Waals surface area contributed by atoms with Crippen molar-refractivity contribution in [2.75, 3.05) is 6.61 Å².